The zero-order valence-corrected chi connectivity index (χ0v) is 12.5. The smallest absolute Gasteiger partial charge is 0.271 e. The Morgan fingerprint density at radius 3 is 2.68 bits per heavy atom. The summed E-state index contributed by atoms with van der Waals surface area (Å²) in [5.41, 5.74) is 3.24. The first kappa shape index (κ1) is 14.1. The number of amides is 1. The van der Waals surface area contributed by atoms with Gasteiger partial charge in [0.05, 0.1) is 7.11 Å². The molecule has 0 radical (unpaired) electrons. The highest BCUT2D eigenvalue weighted by atomic mass is 16.5. The van der Waals surface area contributed by atoms with Gasteiger partial charge in [0.1, 0.15) is 17.1 Å². The van der Waals surface area contributed by atoms with E-state index in [1.165, 1.54) is 0 Å². The van der Waals surface area contributed by atoms with Crippen molar-refractivity contribution in [3.63, 3.8) is 0 Å². The molecule has 0 aliphatic carbocycles. The number of methoxy groups -OCH3 is 1. The van der Waals surface area contributed by atoms with Crippen LogP contribution in [0.1, 0.15) is 21.7 Å². The van der Waals surface area contributed by atoms with E-state index in [1.54, 1.807) is 13.3 Å². The molecule has 5 nitrogen and oxygen atoms in total. The lowest BCUT2D eigenvalue weighted by atomic mass is 10.2. The second-order valence-corrected chi connectivity index (χ2v) is 5.05. The lowest BCUT2D eigenvalue weighted by Crippen LogP contribution is -2.23. The summed E-state index contributed by atoms with van der Waals surface area (Å²) in [5, 5.41) is 2.88. The normalized spacial score (nSPS) is 10.6. The monoisotopic (exact) mass is 295 g/mol. The third kappa shape index (κ3) is 2.79. The minimum atomic E-state index is -0.182. The van der Waals surface area contributed by atoms with Gasteiger partial charge >= 0.3 is 0 Å². The number of hydrogen-bond acceptors (Lipinski definition) is 3. The van der Waals surface area contributed by atoms with Gasteiger partial charge in [0, 0.05) is 18.4 Å². The van der Waals surface area contributed by atoms with Crippen molar-refractivity contribution in [1.29, 1.82) is 0 Å². The first-order chi connectivity index (χ1) is 10.7. The zero-order valence-electron chi connectivity index (χ0n) is 12.5. The molecule has 0 unspecified atom stereocenters. The predicted octanol–water partition coefficient (Wildman–Crippen LogP) is 2.58. The number of ether oxygens (including phenoxy) is 1. The molecule has 5 heteroatoms. The fourth-order valence-corrected chi connectivity index (χ4v) is 2.27. The molecule has 0 saturated heterocycles. The molecule has 22 heavy (non-hydrogen) atoms. The van der Waals surface area contributed by atoms with Crippen LogP contribution in [0.4, 0.5) is 0 Å². The lowest BCUT2D eigenvalue weighted by molar-refractivity contribution is 0.0946. The van der Waals surface area contributed by atoms with Crippen LogP contribution in [0.15, 0.2) is 48.7 Å². The predicted molar refractivity (Wildman–Crippen MR) is 84.1 cm³/mol. The molecule has 0 saturated carbocycles. The number of carbonyl (C=O) groups is 1. The summed E-state index contributed by atoms with van der Waals surface area (Å²) in [5.74, 6) is 0.616. The van der Waals surface area contributed by atoms with Gasteiger partial charge in [0.15, 0.2) is 0 Å². The largest absolute Gasteiger partial charge is 0.497 e. The topological polar surface area (TPSA) is 55.6 Å². The van der Waals surface area contributed by atoms with Gasteiger partial charge in [-0.2, -0.15) is 0 Å². The molecule has 0 bridgehead atoms. The van der Waals surface area contributed by atoms with E-state index in [-0.39, 0.29) is 5.91 Å². The minimum absolute atomic E-state index is 0.182. The van der Waals surface area contributed by atoms with E-state index in [0.29, 0.717) is 12.2 Å². The molecular weight excluding hydrogens is 278 g/mol. The number of aryl methyl sites for hydroxylation is 1. The standard InChI is InChI=1S/C17H17N3O2/c1-12-4-3-5-16-19-15(11-20(12)16)17(21)18-10-13-6-8-14(22-2)9-7-13/h3-9,11H,10H2,1-2H3,(H,18,21). The van der Waals surface area contributed by atoms with E-state index in [4.69, 9.17) is 4.74 Å². The summed E-state index contributed by atoms with van der Waals surface area (Å²) >= 11 is 0. The molecule has 0 spiro atoms. The Morgan fingerprint density at radius 2 is 2.00 bits per heavy atom. The van der Waals surface area contributed by atoms with Gasteiger partial charge in [-0.1, -0.05) is 18.2 Å². The number of nitrogens with zero attached hydrogens (tertiary/aromatic N) is 2. The van der Waals surface area contributed by atoms with Crippen molar-refractivity contribution in [2.24, 2.45) is 0 Å². The van der Waals surface area contributed by atoms with E-state index in [9.17, 15) is 4.79 Å². The Labute approximate surface area is 128 Å². The van der Waals surface area contributed by atoms with Gasteiger partial charge in [-0.3, -0.25) is 4.79 Å². The molecule has 3 aromatic rings. The number of carbonyl (C=O) groups excluding carboxylic acids is 1. The number of aromatic nitrogens is 2. The van der Waals surface area contributed by atoms with Crippen LogP contribution in [0.5, 0.6) is 5.75 Å². The minimum Gasteiger partial charge on any atom is -0.497 e. The number of rotatable bonds is 4. The van der Waals surface area contributed by atoms with Crippen molar-refractivity contribution in [3.05, 3.63) is 65.6 Å². The second-order valence-electron chi connectivity index (χ2n) is 5.05. The van der Waals surface area contributed by atoms with E-state index in [0.717, 1.165) is 22.7 Å². The highest BCUT2D eigenvalue weighted by Crippen LogP contribution is 2.12. The third-order valence-electron chi connectivity index (χ3n) is 3.54. The third-order valence-corrected chi connectivity index (χ3v) is 3.54. The molecule has 2 heterocycles. The number of nitrogens with one attached hydrogen (secondary N) is 1. The average Bonchev–Trinajstić information content (AvgIpc) is 2.99. The molecular formula is C17H17N3O2. The number of benzene rings is 1. The molecule has 1 N–H and O–H groups in total. The molecule has 0 atom stereocenters. The number of pyridine rings is 1. The highest BCUT2D eigenvalue weighted by molar-refractivity contribution is 5.92. The van der Waals surface area contributed by atoms with Gasteiger partial charge < -0.3 is 14.5 Å². The first-order valence-electron chi connectivity index (χ1n) is 7.03. The van der Waals surface area contributed by atoms with Crippen molar-refractivity contribution in [2.75, 3.05) is 7.11 Å². The summed E-state index contributed by atoms with van der Waals surface area (Å²) < 4.78 is 7.01. The molecule has 1 aromatic carbocycles. The Hall–Kier alpha value is -2.82. The van der Waals surface area contributed by atoms with Gasteiger partial charge in [-0.05, 0) is 36.8 Å². The van der Waals surface area contributed by atoms with Gasteiger partial charge in [-0.25, -0.2) is 4.98 Å². The van der Waals surface area contributed by atoms with Crippen molar-refractivity contribution in [2.45, 2.75) is 13.5 Å². The first-order valence-corrected chi connectivity index (χ1v) is 7.03. The molecule has 112 valence electrons. The molecule has 1 amide bonds. The van der Waals surface area contributed by atoms with Crippen LogP contribution in [-0.2, 0) is 6.54 Å². The molecule has 2 aromatic heterocycles. The fourth-order valence-electron chi connectivity index (χ4n) is 2.27. The van der Waals surface area contributed by atoms with Crippen LogP contribution in [0, 0.1) is 6.92 Å². The van der Waals surface area contributed by atoms with Crippen LogP contribution < -0.4 is 10.1 Å². The Balaban J connectivity index is 1.71. The van der Waals surface area contributed by atoms with Crippen LogP contribution in [-0.4, -0.2) is 22.4 Å². The second kappa shape index (κ2) is 5.89. The van der Waals surface area contributed by atoms with Gasteiger partial charge in [-0.15, -0.1) is 0 Å². The maximum atomic E-state index is 12.2. The van der Waals surface area contributed by atoms with E-state index in [2.05, 4.69) is 10.3 Å². The molecule has 0 fully saturated rings. The highest BCUT2D eigenvalue weighted by Gasteiger charge is 2.11. The van der Waals surface area contributed by atoms with Crippen LogP contribution in [0.3, 0.4) is 0 Å². The molecule has 0 aliphatic heterocycles. The fraction of sp³-hybridized carbons (Fsp3) is 0.176. The number of fused-ring (bicyclic) bond motifs is 1. The summed E-state index contributed by atoms with van der Waals surface area (Å²) in [6.07, 6.45) is 1.76. The summed E-state index contributed by atoms with van der Waals surface area (Å²) in [6, 6.07) is 13.4. The Kier molecular flexibility index (Phi) is 3.78. The van der Waals surface area contributed by atoms with Crippen LogP contribution >= 0.6 is 0 Å². The van der Waals surface area contributed by atoms with Crippen molar-refractivity contribution in [1.82, 2.24) is 14.7 Å². The summed E-state index contributed by atoms with van der Waals surface area (Å²) in [7, 11) is 1.63. The maximum Gasteiger partial charge on any atom is 0.271 e. The van der Waals surface area contributed by atoms with E-state index in [1.807, 2.05) is 53.8 Å². The number of hydrogen-bond donors (Lipinski definition) is 1. The lowest BCUT2D eigenvalue weighted by Gasteiger charge is -2.04. The van der Waals surface area contributed by atoms with E-state index >= 15 is 0 Å². The van der Waals surface area contributed by atoms with Crippen LogP contribution in [0.25, 0.3) is 5.65 Å². The Bertz CT molecular complexity index is 806. The molecule has 3 rings (SSSR count). The van der Waals surface area contributed by atoms with Crippen molar-refractivity contribution in [3.8, 4) is 5.75 Å². The molecule has 0 aliphatic rings. The summed E-state index contributed by atoms with van der Waals surface area (Å²) in [4.78, 5) is 16.6. The average molecular weight is 295 g/mol. The zero-order chi connectivity index (χ0) is 15.5. The number of imidazole rings is 1. The van der Waals surface area contributed by atoms with Crippen LogP contribution in [0.2, 0.25) is 0 Å². The van der Waals surface area contributed by atoms with E-state index < -0.39 is 0 Å². The summed E-state index contributed by atoms with van der Waals surface area (Å²) in [6.45, 7) is 2.43. The van der Waals surface area contributed by atoms with Gasteiger partial charge in [0.25, 0.3) is 5.91 Å². The van der Waals surface area contributed by atoms with Crippen molar-refractivity contribution < 1.29 is 9.53 Å². The SMILES string of the molecule is COc1ccc(CNC(=O)c2cn3c(C)cccc3n2)cc1. The van der Waals surface area contributed by atoms with Gasteiger partial charge in [0.2, 0.25) is 0 Å². The Morgan fingerprint density at radius 1 is 1.23 bits per heavy atom. The van der Waals surface area contributed by atoms with Crippen molar-refractivity contribution >= 4 is 11.6 Å². The maximum absolute atomic E-state index is 12.2. The quantitative estimate of drug-likeness (QED) is 0.805.